The minimum absolute atomic E-state index is 0.0492. The van der Waals surface area contributed by atoms with Gasteiger partial charge in [-0.15, -0.1) is 0 Å². The van der Waals surface area contributed by atoms with E-state index in [1.165, 1.54) is 0 Å². The number of halogens is 1. The lowest BCUT2D eigenvalue weighted by Gasteiger charge is -2.18. The van der Waals surface area contributed by atoms with E-state index in [1.54, 1.807) is 6.07 Å². The quantitative estimate of drug-likeness (QED) is 0.624. The van der Waals surface area contributed by atoms with Crippen LogP contribution in [0.1, 0.15) is 12.0 Å². The van der Waals surface area contributed by atoms with Crippen molar-refractivity contribution in [2.75, 3.05) is 25.9 Å². The number of piperidine rings is 1. The van der Waals surface area contributed by atoms with Crippen LogP contribution < -0.4 is 5.73 Å². The lowest BCUT2D eigenvalue weighted by Crippen LogP contribution is -2.26. The van der Waals surface area contributed by atoms with Crippen molar-refractivity contribution in [1.29, 1.82) is 5.41 Å². The van der Waals surface area contributed by atoms with Crippen LogP contribution in [0.3, 0.4) is 0 Å². The number of hydrogen-bond donors (Lipinski definition) is 2. The second kappa shape index (κ2) is 3.47. The Morgan fingerprint density at radius 2 is 2.35 bits per heavy atom. The molecular weight excluding hydrogens is 234 g/mol. The van der Waals surface area contributed by atoms with Gasteiger partial charge in [-0.3, -0.25) is 0 Å². The van der Waals surface area contributed by atoms with E-state index in [0.29, 0.717) is 22.3 Å². The minimum Gasteiger partial charge on any atom is -0.397 e. The van der Waals surface area contributed by atoms with Crippen molar-refractivity contribution in [3.63, 3.8) is 0 Å². The molecule has 0 spiro atoms. The van der Waals surface area contributed by atoms with Crippen LogP contribution in [0.5, 0.6) is 0 Å². The van der Waals surface area contributed by atoms with Gasteiger partial charge in [0.2, 0.25) is 0 Å². The molecule has 90 valence electrons. The second-order valence-electron chi connectivity index (χ2n) is 5.33. The molecule has 1 heterocycles. The fourth-order valence-electron chi connectivity index (χ4n) is 3.14. The molecule has 2 unspecified atom stereocenters. The molecule has 1 aliphatic carbocycles. The number of rotatable bonds is 2. The zero-order chi connectivity index (χ0) is 12.2. The van der Waals surface area contributed by atoms with Crippen LogP contribution in [0.25, 0.3) is 0 Å². The Balaban J connectivity index is 1.96. The molecule has 0 bridgehead atoms. The summed E-state index contributed by atoms with van der Waals surface area (Å²) in [6.45, 7) is 2.07. The Morgan fingerprint density at radius 3 is 3.00 bits per heavy atom. The molecule has 1 aromatic carbocycles. The first-order valence-corrected chi connectivity index (χ1v) is 6.24. The number of nitrogens with one attached hydrogen (secondary N) is 1. The zero-order valence-corrected chi connectivity index (χ0v) is 10.6. The molecule has 3 nitrogen and oxygen atoms in total. The molecule has 3 N–H and O–H groups in total. The van der Waals surface area contributed by atoms with Crippen LogP contribution in [0.2, 0.25) is 5.02 Å². The van der Waals surface area contributed by atoms with Gasteiger partial charge in [-0.1, -0.05) is 23.7 Å². The summed E-state index contributed by atoms with van der Waals surface area (Å²) in [6, 6.07) is 5.55. The number of likely N-dealkylation sites (tertiary alicyclic amines) is 1. The average molecular weight is 250 g/mol. The minimum atomic E-state index is 0.0492. The van der Waals surface area contributed by atoms with Crippen LogP contribution in [0.4, 0.5) is 5.69 Å². The fraction of sp³-hybridized carbons (Fsp3) is 0.462. The van der Waals surface area contributed by atoms with Gasteiger partial charge in [0.05, 0.1) is 10.7 Å². The van der Waals surface area contributed by atoms with Crippen LogP contribution in [-0.2, 0) is 0 Å². The molecular formula is C13H16ClN3. The summed E-state index contributed by atoms with van der Waals surface area (Å²) in [5.41, 5.74) is 8.06. The van der Waals surface area contributed by atoms with Gasteiger partial charge in [-0.2, -0.15) is 0 Å². The Kier molecular flexibility index (Phi) is 2.25. The third-order valence-corrected chi connectivity index (χ3v) is 4.47. The summed E-state index contributed by atoms with van der Waals surface area (Å²) in [4.78, 5) is 2.30. The maximum Gasteiger partial charge on any atom is 0.0642 e. The van der Waals surface area contributed by atoms with E-state index in [1.807, 2.05) is 12.1 Å². The van der Waals surface area contributed by atoms with E-state index in [4.69, 9.17) is 22.7 Å². The molecule has 1 aliphatic heterocycles. The SMILES string of the molecule is CN1CC2CC2(C(=N)c2cccc(Cl)c2N)C1. The highest BCUT2D eigenvalue weighted by molar-refractivity contribution is 6.34. The molecule has 17 heavy (non-hydrogen) atoms. The van der Waals surface area contributed by atoms with Crippen molar-refractivity contribution in [2.45, 2.75) is 6.42 Å². The highest BCUT2D eigenvalue weighted by atomic mass is 35.5. The number of benzene rings is 1. The van der Waals surface area contributed by atoms with Gasteiger partial charge < -0.3 is 16.0 Å². The average Bonchev–Trinajstić information content (AvgIpc) is 2.86. The maximum absolute atomic E-state index is 8.43. The van der Waals surface area contributed by atoms with E-state index < -0.39 is 0 Å². The van der Waals surface area contributed by atoms with Gasteiger partial charge in [0.15, 0.2) is 0 Å². The van der Waals surface area contributed by atoms with Crippen LogP contribution in [-0.4, -0.2) is 30.7 Å². The first kappa shape index (κ1) is 11.1. The lowest BCUT2D eigenvalue weighted by atomic mass is 9.92. The smallest absolute Gasteiger partial charge is 0.0642 e. The number of hydrogen-bond acceptors (Lipinski definition) is 3. The molecule has 0 aromatic heterocycles. The molecule has 3 rings (SSSR count). The third kappa shape index (κ3) is 1.49. The van der Waals surface area contributed by atoms with Crippen molar-refractivity contribution in [1.82, 2.24) is 4.90 Å². The molecule has 1 saturated heterocycles. The normalized spacial score (nSPS) is 31.3. The summed E-state index contributed by atoms with van der Waals surface area (Å²) in [5, 5.41) is 8.98. The highest BCUT2D eigenvalue weighted by Crippen LogP contribution is 2.59. The Labute approximate surface area is 106 Å². The highest BCUT2D eigenvalue weighted by Gasteiger charge is 2.62. The molecule has 0 radical (unpaired) electrons. The number of para-hydroxylation sites is 1. The van der Waals surface area contributed by atoms with Crippen molar-refractivity contribution in [2.24, 2.45) is 11.3 Å². The largest absolute Gasteiger partial charge is 0.397 e. The van der Waals surface area contributed by atoms with Crippen molar-refractivity contribution < 1.29 is 0 Å². The van der Waals surface area contributed by atoms with E-state index in [9.17, 15) is 0 Å². The van der Waals surface area contributed by atoms with Crippen LogP contribution in [0.15, 0.2) is 18.2 Å². The van der Waals surface area contributed by atoms with E-state index >= 15 is 0 Å². The van der Waals surface area contributed by atoms with E-state index in [0.717, 1.165) is 25.1 Å². The monoisotopic (exact) mass is 249 g/mol. The molecule has 1 aromatic rings. The molecule has 0 amide bonds. The van der Waals surface area contributed by atoms with Crippen molar-refractivity contribution in [3.05, 3.63) is 28.8 Å². The van der Waals surface area contributed by atoms with E-state index in [-0.39, 0.29) is 5.41 Å². The molecule has 2 fully saturated rings. The Bertz CT molecular complexity index is 499. The van der Waals surface area contributed by atoms with Gasteiger partial charge >= 0.3 is 0 Å². The first-order valence-electron chi connectivity index (χ1n) is 5.86. The van der Waals surface area contributed by atoms with Gasteiger partial charge in [0.25, 0.3) is 0 Å². The first-order chi connectivity index (χ1) is 8.04. The standard InChI is InChI=1S/C13H16ClN3/c1-17-6-8-5-13(8,7-17)12(16)9-3-2-4-10(14)11(9)15/h2-4,8,16H,5-7,15H2,1H3. The summed E-state index contributed by atoms with van der Waals surface area (Å²) < 4.78 is 0. The number of nitrogens with zero attached hydrogens (tertiary/aromatic N) is 1. The third-order valence-electron chi connectivity index (χ3n) is 4.14. The molecule has 4 heteroatoms. The number of fused-ring (bicyclic) bond motifs is 1. The lowest BCUT2D eigenvalue weighted by molar-refractivity contribution is 0.362. The Hall–Kier alpha value is -1.06. The summed E-state index contributed by atoms with van der Waals surface area (Å²) in [7, 11) is 2.11. The molecule has 1 saturated carbocycles. The Morgan fingerprint density at radius 1 is 1.59 bits per heavy atom. The molecule has 2 aliphatic rings. The van der Waals surface area contributed by atoms with Crippen LogP contribution in [0, 0.1) is 16.7 Å². The number of anilines is 1. The second-order valence-corrected chi connectivity index (χ2v) is 5.74. The predicted molar refractivity (Wildman–Crippen MR) is 70.7 cm³/mol. The zero-order valence-electron chi connectivity index (χ0n) is 9.83. The van der Waals surface area contributed by atoms with Crippen molar-refractivity contribution >= 4 is 23.0 Å². The number of nitrogen functional groups attached to an aromatic ring is 1. The predicted octanol–water partition coefficient (Wildman–Crippen LogP) is 2.24. The summed E-state index contributed by atoms with van der Waals surface area (Å²) >= 11 is 6.02. The summed E-state index contributed by atoms with van der Waals surface area (Å²) in [6.07, 6.45) is 1.13. The topological polar surface area (TPSA) is 53.1 Å². The van der Waals surface area contributed by atoms with E-state index in [2.05, 4.69) is 11.9 Å². The van der Waals surface area contributed by atoms with Crippen molar-refractivity contribution in [3.8, 4) is 0 Å². The molecule has 2 atom stereocenters. The number of nitrogens with two attached hydrogens (primary N) is 1. The van der Waals surface area contributed by atoms with Gasteiger partial charge in [0, 0.05) is 29.8 Å². The van der Waals surface area contributed by atoms with Gasteiger partial charge in [-0.25, -0.2) is 0 Å². The summed E-state index contributed by atoms with van der Waals surface area (Å²) in [5.74, 6) is 0.637. The maximum atomic E-state index is 8.43. The van der Waals surface area contributed by atoms with Gasteiger partial charge in [0.1, 0.15) is 0 Å². The van der Waals surface area contributed by atoms with Gasteiger partial charge in [-0.05, 0) is 25.5 Å². The fourth-order valence-corrected chi connectivity index (χ4v) is 3.32. The van der Waals surface area contributed by atoms with Crippen LogP contribution >= 0.6 is 11.6 Å².